The van der Waals surface area contributed by atoms with Crippen molar-refractivity contribution >= 4 is 5.69 Å². The predicted octanol–water partition coefficient (Wildman–Crippen LogP) is 3.40. The van der Waals surface area contributed by atoms with Crippen LogP contribution in [-0.2, 0) is 12.0 Å². The number of non-ortho nitro benzene ring substituents is 1. The fourth-order valence-corrected chi connectivity index (χ4v) is 2.35. The maximum absolute atomic E-state index is 10.8. The number of nitro benzene ring substituents is 1. The number of nitro groups is 1. The molecule has 2 aromatic rings. The molecule has 20 heavy (non-hydrogen) atoms. The molecule has 0 aliphatic carbocycles. The summed E-state index contributed by atoms with van der Waals surface area (Å²) in [7, 11) is 0. The first kappa shape index (κ1) is 14.2. The zero-order valence-electron chi connectivity index (χ0n) is 11.5. The van der Waals surface area contributed by atoms with E-state index in [9.17, 15) is 10.1 Å². The van der Waals surface area contributed by atoms with Gasteiger partial charge in [0.25, 0.3) is 5.69 Å². The second-order valence-electron chi connectivity index (χ2n) is 4.98. The van der Waals surface area contributed by atoms with Crippen LogP contribution in [0.3, 0.4) is 0 Å². The fourth-order valence-electron chi connectivity index (χ4n) is 2.35. The minimum Gasteiger partial charge on any atom is -0.321 e. The highest BCUT2D eigenvalue weighted by atomic mass is 16.6. The van der Waals surface area contributed by atoms with E-state index >= 15 is 0 Å². The number of benzene rings is 2. The van der Waals surface area contributed by atoms with E-state index in [1.54, 1.807) is 12.1 Å². The van der Waals surface area contributed by atoms with Gasteiger partial charge in [0.15, 0.2) is 0 Å². The van der Waals surface area contributed by atoms with Crippen molar-refractivity contribution in [2.45, 2.75) is 25.3 Å². The number of hydrogen-bond acceptors (Lipinski definition) is 3. The minimum atomic E-state index is -0.503. The van der Waals surface area contributed by atoms with Gasteiger partial charge in [-0.25, -0.2) is 0 Å². The van der Waals surface area contributed by atoms with E-state index in [1.165, 1.54) is 6.07 Å². The Morgan fingerprint density at radius 2 is 1.85 bits per heavy atom. The van der Waals surface area contributed by atoms with Crippen molar-refractivity contribution in [1.82, 2.24) is 0 Å². The summed E-state index contributed by atoms with van der Waals surface area (Å²) in [4.78, 5) is 10.5. The summed E-state index contributed by atoms with van der Waals surface area (Å²) in [5.41, 5.74) is 8.04. The second-order valence-corrected chi connectivity index (χ2v) is 4.98. The summed E-state index contributed by atoms with van der Waals surface area (Å²) in [5, 5.41) is 10.8. The van der Waals surface area contributed by atoms with Crippen LogP contribution < -0.4 is 5.73 Å². The summed E-state index contributed by atoms with van der Waals surface area (Å²) in [5.74, 6) is 0. The number of nitrogens with zero attached hydrogens (tertiary/aromatic N) is 1. The summed E-state index contributed by atoms with van der Waals surface area (Å²) in [6.07, 6.45) is 1.34. The molecular weight excluding hydrogens is 252 g/mol. The number of hydrogen-bond donors (Lipinski definition) is 1. The monoisotopic (exact) mass is 270 g/mol. The molecule has 0 amide bonds. The third-order valence-electron chi connectivity index (χ3n) is 3.62. The summed E-state index contributed by atoms with van der Waals surface area (Å²) < 4.78 is 0. The van der Waals surface area contributed by atoms with Crippen LogP contribution in [0.2, 0.25) is 0 Å². The Morgan fingerprint density at radius 1 is 1.15 bits per heavy atom. The van der Waals surface area contributed by atoms with E-state index in [0.29, 0.717) is 6.42 Å². The molecule has 2 rings (SSSR count). The maximum Gasteiger partial charge on any atom is 0.269 e. The van der Waals surface area contributed by atoms with Gasteiger partial charge in [-0.2, -0.15) is 0 Å². The maximum atomic E-state index is 10.8. The molecule has 2 aromatic carbocycles. The number of rotatable bonds is 5. The van der Waals surface area contributed by atoms with Crippen LogP contribution in [0.5, 0.6) is 0 Å². The van der Waals surface area contributed by atoms with E-state index in [4.69, 9.17) is 5.73 Å². The quantitative estimate of drug-likeness (QED) is 0.668. The van der Waals surface area contributed by atoms with E-state index < -0.39 is 5.54 Å². The third kappa shape index (κ3) is 3.03. The van der Waals surface area contributed by atoms with E-state index in [2.05, 4.69) is 0 Å². The Kier molecular flexibility index (Phi) is 4.15. The summed E-state index contributed by atoms with van der Waals surface area (Å²) in [6, 6.07) is 16.5. The molecule has 0 saturated carbocycles. The molecule has 2 N–H and O–H groups in total. The Labute approximate surface area is 118 Å². The van der Waals surface area contributed by atoms with Crippen molar-refractivity contribution in [2.24, 2.45) is 5.73 Å². The number of nitrogens with two attached hydrogens (primary N) is 1. The molecule has 0 spiro atoms. The molecule has 0 saturated heterocycles. The Balaban J connectivity index is 2.31. The second kappa shape index (κ2) is 5.84. The first-order valence-corrected chi connectivity index (χ1v) is 6.63. The van der Waals surface area contributed by atoms with E-state index in [0.717, 1.165) is 17.5 Å². The summed E-state index contributed by atoms with van der Waals surface area (Å²) >= 11 is 0. The Bertz CT molecular complexity index is 598. The van der Waals surface area contributed by atoms with Crippen molar-refractivity contribution in [2.75, 3.05) is 0 Å². The lowest BCUT2D eigenvalue weighted by Gasteiger charge is -2.29. The van der Waals surface area contributed by atoms with Gasteiger partial charge in [-0.05, 0) is 24.0 Å². The van der Waals surface area contributed by atoms with Crippen LogP contribution in [0, 0.1) is 10.1 Å². The first-order chi connectivity index (χ1) is 9.55. The smallest absolute Gasteiger partial charge is 0.269 e. The van der Waals surface area contributed by atoms with Crippen LogP contribution in [0.25, 0.3) is 0 Å². The largest absolute Gasteiger partial charge is 0.321 e. The van der Waals surface area contributed by atoms with Gasteiger partial charge in [0.2, 0.25) is 0 Å². The molecule has 0 fully saturated rings. The Morgan fingerprint density at radius 3 is 2.45 bits per heavy atom. The van der Waals surface area contributed by atoms with Crippen LogP contribution in [-0.4, -0.2) is 4.92 Å². The summed E-state index contributed by atoms with van der Waals surface area (Å²) in [6.45, 7) is 2.03. The third-order valence-corrected chi connectivity index (χ3v) is 3.62. The molecule has 0 radical (unpaired) electrons. The van der Waals surface area contributed by atoms with Crippen LogP contribution in [0.1, 0.15) is 24.5 Å². The van der Waals surface area contributed by atoms with Gasteiger partial charge in [-0.1, -0.05) is 49.4 Å². The normalized spacial score (nSPS) is 13.7. The molecule has 0 aliphatic rings. The fraction of sp³-hybridized carbons (Fsp3) is 0.250. The van der Waals surface area contributed by atoms with Gasteiger partial charge in [-0.3, -0.25) is 10.1 Å². The van der Waals surface area contributed by atoms with Crippen molar-refractivity contribution in [1.29, 1.82) is 0 Å². The SMILES string of the molecule is CCC(N)(Cc1cccc([N+](=O)[O-])c1)c1ccccc1. The van der Waals surface area contributed by atoms with Crippen LogP contribution >= 0.6 is 0 Å². The zero-order chi connectivity index (χ0) is 14.6. The van der Waals surface area contributed by atoms with Crippen LogP contribution in [0.4, 0.5) is 5.69 Å². The van der Waals surface area contributed by atoms with Crippen LogP contribution in [0.15, 0.2) is 54.6 Å². The highest BCUT2D eigenvalue weighted by Crippen LogP contribution is 2.27. The lowest BCUT2D eigenvalue weighted by Crippen LogP contribution is -2.38. The molecule has 0 heterocycles. The molecule has 1 unspecified atom stereocenters. The zero-order valence-corrected chi connectivity index (χ0v) is 11.5. The van der Waals surface area contributed by atoms with Gasteiger partial charge in [0, 0.05) is 17.7 Å². The highest BCUT2D eigenvalue weighted by Gasteiger charge is 2.25. The lowest BCUT2D eigenvalue weighted by molar-refractivity contribution is -0.384. The van der Waals surface area contributed by atoms with Gasteiger partial charge in [0.05, 0.1) is 4.92 Å². The van der Waals surface area contributed by atoms with Crippen molar-refractivity contribution < 1.29 is 4.92 Å². The molecule has 0 aliphatic heterocycles. The van der Waals surface area contributed by atoms with Crippen molar-refractivity contribution in [3.8, 4) is 0 Å². The Hall–Kier alpha value is -2.20. The van der Waals surface area contributed by atoms with Gasteiger partial charge in [-0.15, -0.1) is 0 Å². The average molecular weight is 270 g/mol. The molecule has 104 valence electrons. The standard InChI is InChI=1S/C16H18N2O2/c1-2-16(17,14-8-4-3-5-9-14)12-13-7-6-10-15(11-13)18(19)20/h3-11H,2,12,17H2,1H3. The van der Waals surface area contributed by atoms with Crippen molar-refractivity contribution in [3.63, 3.8) is 0 Å². The topological polar surface area (TPSA) is 69.2 Å². The van der Waals surface area contributed by atoms with Gasteiger partial charge in [0.1, 0.15) is 0 Å². The van der Waals surface area contributed by atoms with E-state index in [1.807, 2.05) is 43.3 Å². The predicted molar refractivity (Wildman–Crippen MR) is 79.4 cm³/mol. The molecule has 1 atom stereocenters. The highest BCUT2D eigenvalue weighted by molar-refractivity contribution is 5.36. The molecule has 0 aromatic heterocycles. The average Bonchev–Trinajstić information content (AvgIpc) is 2.48. The van der Waals surface area contributed by atoms with Crippen molar-refractivity contribution in [3.05, 3.63) is 75.8 Å². The minimum absolute atomic E-state index is 0.106. The molecule has 0 bridgehead atoms. The first-order valence-electron chi connectivity index (χ1n) is 6.63. The van der Waals surface area contributed by atoms with Gasteiger partial charge >= 0.3 is 0 Å². The molecular formula is C16H18N2O2. The molecule has 4 heteroatoms. The lowest BCUT2D eigenvalue weighted by atomic mass is 9.82. The van der Waals surface area contributed by atoms with Gasteiger partial charge < -0.3 is 5.73 Å². The van der Waals surface area contributed by atoms with E-state index in [-0.39, 0.29) is 10.6 Å². The molecule has 4 nitrogen and oxygen atoms in total.